The van der Waals surface area contributed by atoms with Crippen LogP contribution in [0.2, 0.25) is 0 Å². The highest BCUT2D eigenvalue weighted by Gasteiger charge is 1.98. The van der Waals surface area contributed by atoms with Crippen molar-refractivity contribution in [3.05, 3.63) is 36.0 Å². The number of urea groups is 1. The molecule has 2 amide bonds. The second-order valence-corrected chi connectivity index (χ2v) is 4.36. The summed E-state index contributed by atoms with van der Waals surface area (Å²) in [5, 5.41) is 5.42. The van der Waals surface area contributed by atoms with Crippen LogP contribution in [0.25, 0.3) is 6.08 Å². The second-order valence-electron chi connectivity index (χ2n) is 4.36. The molecule has 18 heavy (non-hydrogen) atoms. The highest BCUT2D eigenvalue weighted by Crippen LogP contribution is 2.13. The van der Waals surface area contributed by atoms with Crippen LogP contribution in [-0.4, -0.2) is 19.7 Å². The molecule has 0 aliphatic rings. The molecular weight excluding hydrogens is 228 g/mol. The molecule has 0 radical (unpaired) electrons. The Hall–Kier alpha value is -1.97. The number of carbonyl (C=O) groups is 1. The van der Waals surface area contributed by atoms with E-state index in [4.69, 9.17) is 4.74 Å². The molecule has 1 aromatic rings. The number of carbonyl (C=O) groups excluding carboxylic acids is 1. The van der Waals surface area contributed by atoms with E-state index >= 15 is 0 Å². The van der Waals surface area contributed by atoms with Gasteiger partial charge in [0.2, 0.25) is 0 Å². The maximum atomic E-state index is 11.4. The van der Waals surface area contributed by atoms with Gasteiger partial charge in [-0.3, -0.25) is 0 Å². The highest BCUT2D eigenvalue weighted by atomic mass is 16.5. The molecule has 0 saturated carbocycles. The molecule has 0 aromatic heterocycles. The Balaban J connectivity index is 2.42. The molecule has 0 unspecified atom stereocenters. The predicted molar refractivity (Wildman–Crippen MR) is 73.4 cm³/mol. The van der Waals surface area contributed by atoms with Gasteiger partial charge in [-0.2, -0.15) is 0 Å². The van der Waals surface area contributed by atoms with Gasteiger partial charge in [0.15, 0.2) is 0 Å². The van der Waals surface area contributed by atoms with Crippen molar-refractivity contribution in [2.45, 2.75) is 13.8 Å². The summed E-state index contributed by atoms with van der Waals surface area (Å²) in [5.74, 6) is 1.24. The Morgan fingerprint density at radius 1 is 1.44 bits per heavy atom. The normalized spacial score (nSPS) is 10.7. The summed E-state index contributed by atoms with van der Waals surface area (Å²) in [5.41, 5.74) is 0.971. The first-order valence-corrected chi connectivity index (χ1v) is 5.97. The van der Waals surface area contributed by atoms with Crippen molar-refractivity contribution >= 4 is 12.1 Å². The average molecular weight is 248 g/mol. The molecule has 4 nitrogen and oxygen atoms in total. The highest BCUT2D eigenvalue weighted by molar-refractivity contribution is 5.75. The van der Waals surface area contributed by atoms with Gasteiger partial charge in [0.25, 0.3) is 0 Å². The van der Waals surface area contributed by atoms with E-state index in [1.807, 2.05) is 44.2 Å². The van der Waals surface area contributed by atoms with E-state index in [-0.39, 0.29) is 6.03 Å². The maximum Gasteiger partial charge on any atom is 0.318 e. The van der Waals surface area contributed by atoms with E-state index in [1.165, 1.54) is 0 Å². The van der Waals surface area contributed by atoms with Crippen LogP contribution in [0, 0.1) is 5.92 Å². The molecule has 0 fully saturated rings. The maximum absolute atomic E-state index is 11.4. The molecule has 0 saturated heterocycles. The van der Waals surface area contributed by atoms with E-state index in [1.54, 1.807) is 13.3 Å². The molecule has 0 heterocycles. The van der Waals surface area contributed by atoms with Gasteiger partial charge in [-0.15, -0.1) is 0 Å². The van der Waals surface area contributed by atoms with Crippen LogP contribution >= 0.6 is 0 Å². The molecule has 4 heteroatoms. The zero-order chi connectivity index (χ0) is 13.4. The fourth-order valence-electron chi connectivity index (χ4n) is 1.31. The fraction of sp³-hybridized carbons (Fsp3) is 0.357. The SMILES string of the molecule is COc1cccc(/C=C/NC(=O)NCC(C)C)c1. The Bertz CT molecular complexity index is 414. The third-order valence-electron chi connectivity index (χ3n) is 2.25. The third-order valence-corrected chi connectivity index (χ3v) is 2.25. The number of amides is 2. The summed E-state index contributed by atoms with van der Waals surface area (Å²) in [6, 6.07) is 7.41. The first-order chi connectivity index (χ1) is 8.61. The van der Waals surface area contributed by atoms with Crippen molar-refractivity contribution in [1.82, 2.24) is 10.6 Å². The molecule has 0 bridgehead atoms. The van der Waals surface area contributed by atoms with Gasteiger partial charge in [0.05, 0.1) is 7.11 Å². The van der Waals surface area contributed by atoms with Crippen molar-refractivity contribution in [2.24, 2.45) is 5.92 Å². The molecule has 2 N–H and O–H groups in total. The third kappa shape index (κ3) is 5.39. The quantitative estimate of drug-likeness (QED) is 0.841. The summed E-state index contributed by atoms with van der Waals surface area (Å²) in [7, 11) is 1.63. The Morgan fingerprint density at radius 3 is 2.89 bits per heavy atom. The average Bonchev–Trinajstić information content (AvgIpc) is 2.36. The summed E-state index contributed by atoms with van der Waals surface area (Å²) < 4.78 is 5.11. The minimum atomic E-state index is -0.192. The molecule has 0 spiro atoms. The minimum Gasteiger partial charge on any atom is -0.497 e. The van der Waals surface area contributed by atoms with Crippen LogP contribution in [0.5, 0.6) is 5.75 Å². The standard InChI is InChI=1S/C14H20N2O2/c1-11(2)10-16-14(17)15-8-7-12-5-4-6-13(9-12)18-3/h4-9,11H,10H2,1-3H3,(H2,15,16,17)/b8-7+. The lowest BCUT2D eigenvalue weighted by Crippen LogP contribution is -2.34. The number of ether oxygens (including phenoxy) is 1. The van der Waals surface area contributed by atoms with Crippen molar-refractivity contribution < 1.29 is 9.53 Å². The van der Waals surface area contributed by atoms with Crippen LogP contribution in [0.4, 0.5) is 4.79 Å². The van der Waals surface area contributed by atoms with Gasteiger partial charge < -0.3 is 15.4 Å². The number of rotatable bonds is 5. The molecule has 1 aromatic carbocycles. The molecule has 0 aliphatic heterocycles. The zero-order valence-electron chi connectivity index (χ0n) is 11.1. The number of nitrogens with one attached hydrogen (secondary N) is 2. The van der Waals surface area contributed by atoms with Crippen molar-refractivity contribution in [1.29, 1.82) is 0 Å². The van der Waals surface area contributed by atoms with E-state index in [2.05, 4.69) is 10.6 Å². The van der Waals surface area contributed by atoms with Gasteiger partial charge >= 0.3 is 6.03 Å². The fourth-order valence-corrected chi connectivity index (χ4v) is 1.31. The Kier molecular flexibility index (Phi) is 5.77. The molecule has 98 valence electrons. The van der Waals surface area contributed by atoms with E-state index < -0.39 is 0 Å². The van der Waals surface area contributed by atoms with Crippen molar-refractivity contribution in [3.8, 4) is 5.75 Å². The van der Waals surface area contributed by atoms with Crippen molar-refractivity contribution in [3.63, 3.8) is 0 Å². The summed E-state index contributed by atoms with van der Waals surface area (Å²) >= 11 is 0. The number of benzene rings is 1. The summed E-state index contributed by atoms with van der Waals surface area (Å²) in [4.78, 5) is 11.4. The number of hydrogen-bond acceptors (Lipinski definition) is 2. The van der Waals surface area contributed by atoms with E-state index in [0.717, 1.165) is 11.3 Å². The van der Waals surface area contributed by atoms with Crippen LogP contribution in [0.15, 0.2) is 30.5 Å². The first kappa shape index (κ1) is 14.1. The van der Waals surface area contributed by atoms with Crippen LogP contribution in [-0.2, 0) is 0 Å². The number of methoxy groups -OCH3 is 1. The summed E-state index contributed by atoms with van der Waals surface area (Å²) in [6.07, 6.45) is 3.43. The van der Waals surface area contributed by atoms with E-state index in [0.29, 0.717) is 12.5 Å². The lowest BCUT2D eigenvalue weighted by Gasteiger charge is -2.06. The predicted octanol–water partition coefficient (Wildman–Crippen LogP) is 2.62. The van der Waals surface area contributed by atoms with Gasteiger partial charge in [0, 0.05) is 12.7 Å². The second kappa shape index (κ2) is 7.37. The summed E-state index contributed by atoms with van der Waals surface area (Å²) in [6.45, 7) is 4.76. The van der Waals surface area contributed by atoms with E-state index in [9.17, 15) is 4.79 Å². The Morgan fingerprint density at radius 2 is 2.22 bits per heavy atom. The molecular formula is C14H20N2O2. The van der Waals surface area contributed by atoms with Crippen LogP contribution in [0.3, 0.4) is 0 Å². The van der Waals surface area contributed by atoms with Crippen LogP contribution < -0.4 is 15.4 Å². The Labute approximate surface area is 108 Å². The number of hydrogen-bond donors (Lipinski definition) is 2. The minimum absolute atomic E-state index is 0.192. The zero-order valence-corrected chi connectivity index (χ0v) is 11.1. The van der Waals surface area contributed by atoms with Gasteiger partial charge in [0.1, 0.15) is 5.75 Å². The monoisotopic (exact) mass is 248 g/mol. The first-order valence-electron chi connectivity index (χ1n) is 5.97. The van der Waals surface area contributed by atoms with Gasteiger partial charge in [-0.1, -0.05) is 26.0 Å². The lowest BCUT2D eigenvalue weighted by atomic mass is 10.2. The molecule has 0 aliphatic carbocycles. The van der Waals surface area contributed by atoms with Gasteiger partial charge in [-0.05, 0) is 29.7 Å². The lowest BCUT2D eigenvalue weighted by molar-refractivity contribution is 0.243. The molecule has 1 rings (SSSR count). The van der Waals surface area contributed by atoms with Gasteiger partial charge in [-0.25, -0.2) is 4.79 Å². The molecule has 0 atom stereocenters. The van der Waals surface area contributed by atoms with Crippen molar-refractivity contribution in [2.75, 3.05) is 13.7 Å². The topological polar surface area (TPSA) is 50.4 Å². The largest absolute Gasteiger partial charge is 0.497 e. The van der Waals surface area contributed by atoms with Crippen LogP contribution in [0.1, 0.15) is 19.4 Å². The smallest absolute Gasteiger partial charge is 0.318 e.